The third-order valence-electron chi connectivity index (χ3n) is 14.5. The van der Waals surface area contributed by atoms with Gasteiger partial charge in [0, 0.05) is 0 Å². The summed E-state index contributed by atoms with van der Waals surface area (Å²) in [6, 6.07) is -0.658. The Balaban J connectivity index is 3.49. The van der Waals surface area contributed by atoms with E-state index in [0.717, 1.165) is 32.1 Å². The first kappa shape index (κ1) is 65.8. The maximum absolute atomic E-state index is 12.6. The standard InChI is InChI=1S/C62H121NO4/c1-3-5-7-9-11-13-15-17-19-21-23-25-26-27-28-29-30-31-32-33-34-36-37-39-41-43-45-47-49-51-53-55-59(65)57-62(67)63-60(58-64)61(66)56-54-52-50-48-46-44-42-40-38-35-24-22-20-18-16-14-12-10-8-6-4-2/h23,25,27-28,59-61,64-66H,3-22,24,26,29-58H2,1-2H3,(H,63,67)/b25-23-,28-27-. The number of nitrogens with one attached hydrogen (secondary N) is 1. The van der Waals surface area contributed by atoms with Crippen LogP contribution in [0.15, 0.2) is 24.3 Å². The van der Waals surface area contributed by atoms with Gasteiger partial charge in [0.1, 0.15) is 0 Å². The van der Waals surface area contributed by atoms with Gasteiger partial charge in [0.25, 0.3) is 0 Å². The topological polar surface area (TPSA) is 89.8 Å². The number of rotatable bonds is 57. The van der Waals surface area contributed by atoms with Crippen molar-refractivity contribution in [2.45, 2.75) is 360 Å². The lowest BCUT2D eigenvalue weighted by Gasteiger charge is -2.23. The lowest BCUT2D eigenvalue weighted by molar-refractivity contribution is -0.125. The summed E-state index contributed by atoms with van der Waals surface area (Å²) >= 11 is 0. The molecule has 67 heavy (non-hydrogen) atoms. The second kappa shape index (κ2) is 57.4. The molecule has 0 aliphatic rings. The molecule has 0 aliphatic carbocycles. The minimum absolute atomic E-state index is 0.0396. The quantitative estimate of drug-likeness (QED) is 0.0361. The van der Waals surface area contributed by atoms with E-state index in [0.29, 0.717) is 12.8 Å². The normalized spacial score (nSPS) is 13.3. The number of hydrogen-bond donors (Lipinski definition) is 4. The van der Waals surface area contributed by atoms with Gasteiger partial charge < -0.3 is 20.6 Å². The highest BCUT2D eigenvalue weighted by Gasteiger charge is 2.21. The van der Waals surface area contributed by atoms with Crippen LogP contribution >= 0.6 is 0 Å². The average molecular weight is 945 g/mol. The van der Waals surface area contributed by atoms with Gasteiger partial charge in [0.05, 0.1) is 31.3 Å². The van der Waals surface area contributed by atoms with Crippen LogP contribution in [0.1, 0.15) is 341 Å². The van der Waals surface area contributed by atoms with E-state index in [1.165, 1.54) is 276 Å². The predicted octanol–water partition coefficient (Wildman–Crippen LogP) is 19.2. The van der Waals surface area contributed by atoms with Crippen LogP contribution in [-0.2, 0) is 4.79 Å². The van der Waals surface area contributed by atoms with Gasteiger partial charge in [0.15, 0.2) is 0 Å². The SMILES string of the molecule is CCCCCCCCCCC/C=C\C/C=C\CCCCCCCCCCCCCCCCCC(O)CC(=O)NC(CO)C(O)CCCCCCCCCCCCCCCCCCCCCCC. The molecule has 0 saturated carbocycles. The zero-order valence-electron chi connectivity index (χ0n) is 45.6. The van der Waals surface area contributed by atoms with Gasteiger partial charge in [0.2, 0.25) is 5.91 Å². The fraction of sp³-hybridized carbons (Fsp3) is 0.919. The van der Waals surface area contributed by atoms with Gasteiger partial charge in [-0.1, -0.05) is 314 Å². The first-order valence-electron chi connectivity index (χ1n) is 30.6. The first-order chi connectivity index (χ1) is 33.0. The van der Waals surface area contributed by atoms with Crippen molar-refractivity contribution in [2.24, 2.45) is 0 Å². The van der Waals surface area contributed by atoms with Crippen LogP contribution in [0.25, 0.3) is 0 Å². The summed E-state index contributed by atoms with van der Waals surface area (Å²) in [6.45, 7) is 4.30. The van der Waals surface area contributed by atoms with Gasteiger partial charge in [-0.15, -0.1) is 0 Å². The Bertz CT molecular complexity index is 998. The lowest BCUT2D eigenvalue weighted by Crippen LogP contribution is -2.46. The van der Waals surface area contributed by atoms with Crippen molar-refractivity contribution in [2.75, 3.05) is 6.61 Å². The maximum Gasteiger partial charge on any atom is 0.222 e. The number of aliphatic hydroxyl groups is 3. The summed E-state index contributed by atoms with van der Waals surface area (Å²) < 4.78 is 0. The van der Waals surface area contributed by atoms with Gasteiger partial charge in [-0.2, -0.15) is 0 Å². The van der Waals surface area contributed by atoms with Crippen molar-refractivity contribution in [1.29, 1.82) is 0 Å². The molecule has 0 bridgehead atoms. The third kappa shape index (κ3) is 54.0. The third-order valence-corrected chi connectivity index (χ3v) is 14.5. The largest absolute Gasteiger partial charge is 0.394 e. The van der Waals surface area contributed by atoms with Crippen LogP contribution in [-0.4, -0.2) is 46.1 Å². The van der Waals surface area contributed by atoms with Gasteiger partial charge in [-0.05, 0) is 44.9 Å². The number of allylic oxidation sites excluding steroid dienone is 4. The first-order valence-corrected chi connectivity index (χ1v) is 30.6. The predicted molar refractivity (Wildman–Crippen MR) is 296 cm³/mol. The molecule has 5 nitrogen and oxygen atoms in total. The van der Waals surface area contributed by atoms with Gasteiger partial charge in [-0.25, -0.2) is 0 Å². The Labute approximate surface area is 420 Å². The molecular weight excluding hydrogens is 823 g/mol. The molecule has 0 aromatic rings. The molecule has 0 aliphatic heterocycles. The van der Waals surface area contributed by atoms with Crippen molar-refractivity contribution < 1.29 is 20.1 Å². The van der Waals surface area contributed by atoms with Crippen molar-refractivity contribution in [1.82, 2.24) is 5.32 Å². The number of carbonyl (C=O) groups excluding carboxylic acids is 1. The Hall–Kier alpha value is -1.17. The van der Waals surface area contributed by atoms with E-state index in [1.54, 1.807) is 0 Å². The van der Waals surface area contributed by atoms with E-state index in [4.69, 9.17) is 0 Å². The highest BCUT2D eigenvalue weighted by Crippen LogP contribution is 2.18. The summed E-state index contributed by atoms with van der Waals surface area (Å²) in [5.41, 5.74) is 0. The number of unbranched alkanes of at least 4 members (excludes halogenated alkanes) is 44. The molecule has 0 spiro atoms. The molecule has 0 saturated heterocycles. The average Bonchev–Trinajstić information content (AvgIpc) is 3.32. The molecule has 5 heteroatoms. The summed E-state index contributed by atoms with van der Waals surface area (Å²) in [5, 5.41) is 33.7. The molecule has 3 unspecified atom stereocenters. The Morgan fingerprint density at radius 2 is 0.642 bits per heavy atom. The monoisotopic (exact) mass is 944 g/mol. The van der Waals surface area contributed by atoms with Crippen LogP contribution in [0.2, 0.25) is 0 Å². The Morgan fingerprint density at radius 1 is 0.373 bits per heavy atom. The van der Waals surface area contributed by atoms with Crippen LogP contribution in [0, 0.1) is 0 Å². The van der Waals surface area contributed by atoms with Crippen LogP contribution < -0.4 is 5.32 Å². The van der Waals surface area contributed by atoms with Crippen molar-refractivity contribution >= 4 is 5.91 Å². The minimum Gasteiger partial charge on any atom is -0.394 e. The molecule has 0 rings (SSSR count). The molecule has 4 N–H and O–H groups in total. The molecule has 1 amide bonds. The van der Waals surface area contributed by atoms with Crippen molar-refractivity contribution in [3.63, 3.8) is 0 Å². The van der Waals surface area contributed by atoms with E-state index in [9.17, 15) is 20.1 Å². The fourth-order valence-electron chi connectivity index (χ4n) is 9.85. The summed E-state index contributed by atoms with van der Waals surface area (Å²) in [5.74, 6) is -0.277. The van der Waals surface area contributed by atoms with Gasteiger partial charge in [-0.3, -0.25) is 4.79 Å². The molecule has 0 aromatic heterocycles. The minimum atomic E-state index is -0.749. The summed E-state index contributed by atoms with van der Waals surface area (Å²) in [4.78, 5) is 12.6. The highest BCUT2D eigenvalue weighted by molar-refractivity contribution is 5.76. The van der Waals surface area contributed by atoms with Crippen LogP contribution in [0.5, 0.6) is 0 Å². The zero-order valence-corrected chi connectivity index (χ0v) is 45.6. The molecule has 0 fully saturated rings. The van der Waals surface area contributed by atoms with Gasteiger partial charge >= 0.3 is 0 Å². The molecule has 0 radical (unpaired) electrons. The van der Waals surface area contributed by atoms with E-state index in [1.807, 2.05) is 0 Å². The Morgan fingerprint density at radius 3 is 0.940 bits per heavy atom. The molecule has 0 aromatic carbocycles. The molecule has 398 valence electrons. The lowest BCUT2D eigenvalue weighted by atomic mass is 10.0. The van der Waals surface area contributed by atoms with Crippen molar-refractivity contribution in [3.05, 3.63) is 24.3 Å². The Kier molecular flexibility index (Phi) is 56.4. The number of hydrogen-bond acceptors (Lipinski definition) is 4. The van der Waals surface area contributed by atoms with Crippen molar-refractivity contribution in [3.8, 4) is 0 Å². The number of aliphatic hydroxyl groups excluding tert-OH is 3. The second-order valence-corrected chi connectivity index (χ2v) is 21.3. The summed E-state index contributed by atoms with van der Waals surface area (Å²) in [6.07, 6.45) is 73.5. The number of amides is 1. The second-order valence-electron chi connectivity index (χ2n) is 21.3. The van der Waals surface area contributed by atoms with E-state index in [-0.39, 0.29) is 18.9 Å². The smallest absolute Gasteiger partial charge is 0.222 e. The maximum atomic E-state index is 12.6. The van der Waals surface area contributed by atoms with E-state index < -0.39 is 18.2 Å². The van der Waals surface area contributed by atoms with Crippen LogP contribution in [0.3, 0.4) is 0 Å². The van der Waals surface area contributed by atoms with Crippen LogP contribution in [0.4, 0.5) is 0 Å². The number of carbonyl (C=O) groups is 1. The molecule has 3 atom stereocenters. The summed E-state index contributed by atoms with van der Waals surface area (Å²) in [7, 11) is 0. The van der Waals surface area contributed by atoms with E-state index in [2.05, 4.69) is 43.5 Å². The molecule has 0 heterocycles. The fourth-order valence-corrected chi connectivity index (χ4v) is 9.85. The zero-order chi connectivity index (χ0) is 48.6. The molecular formula is C62H121NO4. The van der Waals surface area contributed by atoms with E-state index >= 15 is 0 Å². The highest BCUT2D eigenvalue weighted by atomic mass is 16.3.